The van der Waals surface area contributed by atoms with Crippen LogP contribution in [0.3, 0.4) is 0 Å². The summed E-state index contributed by atoms with van der Waals surface area (Å²) in [7, 11) is 2.04. The van der Waals surface area contributed by atoms with E-state index < -0.39 is 0 Å². The minimum atomic E-state index is 0.0236. The fraction of sp³-hybridized carbons (Fsp3) is 0.294. The third-order valence-electron chi connectivity index (χ3n) is 3.78. The predicted molar refractivity (Wildman–Crippen MR) is 88.0 cm³/mol. The molecule has 3 rings (SSSR count). The van der Waals surface area contributed by atoms with Crippen molar-refractivity contribution in [2.75, 3.05) is 20.1 Å². The fourth-order valence-electron chi connectivity index (χ4n) is 2.45. The third-order valence-corrected chi connectivity index (χ3v) is 3.78. The van der Waals surface area contributed by atoms with E-state index in [0.29, 0.717) is 6.54 Å². The van der Waals surface area contributed by atoms with Crippen LogP contribution in [0.25, 0.3) is 0 Å². The number of nitrogens with one attached hydrogen (secondary N) is 1. The molecule has 0 saturated heterocycles. The molecule has 0 fully saturated rings. The van der Waals surface area contributed by atoms with Gasteiger partial charge in [-0.25, -0.2) is 0 Å². The number of benzene rings is 1. The molecule has 2 heterocycles. The standard InChI is InChI=1S/C17H20N4O/c1-20-11-9-18-17(20)19-12-14-5-7-15(8-6-14)13-21-10-3-2-4-16(21)22/h2-8,10H,9,11-13H2,1H3,(H,18,19). The Bertz CT molecular complexity index is 718. The van der Waals surface area contributed by atoms with Crippen molar-refractivity contribution in [2.45, 2.75) is 13.1 Å². The Morgan fingerprint density at radius 3 is 2.59 bits per heavy atom. The molecule has 0 bridgehead atoms. The van der Waals surface area contributed by atoms with Gasteiger partial charge in [-0.15, -0.1) is 0 Å². The maximum atomic E-state index is 11.7. The lowest BCUT2D eigenvalue weighted by atomic mass is 10.1. The van der Waals surface area contributed by atoms with E-state index in [1.807, 2.05) is 19.3 Å². The van der Waals surface area contributed by atoms with Gasteiger partial charge in [-0.3, -0.25) is 9.79 Å². The Labute approximate surface area is 129 Å². The van der Waals surface area contributed by atoms with Crippen molar-refractivity contribution in [1.29, 1.82) is 0 Å². The molecule has 5 heteroatoms. The molecule has 0 atom stereocenters. The van der Waals surface area contributed by atoms with E-state index in [9.17, 15) is 4.79 Å². The molecule has 0 saturated carbocycles. The van der Waals surface area contributed by atoms with Gasteiger partial charge in [0.25, 0.3) is 5.56 Å². The minimum Gasteiger partial charge on any atom is -0.352 e. The number of pyridine rings is 1. The summed E-state index contributed by atoms with van der Waals surface area (Å²) in [6.07, 6.45) is 1.81. The van der Waals surface area contributed by atoms with Crippen LogP contribution in [0.2, 0.25) is 0 Å². The summed E-state index contributed by atoms with van der Waals surface area (Å²) >= 11 is 0. The maximum absolute atomic E-state index is 11.7. The average Bonchev–Trinajstić information content (AvgIpc) is 2.94. The van der Waals surface area contributed by atoms with Crippen LogP contribution in [-0.4, -0.2) is 35.6 Å². The lowest BCUT2D eigenvalue weighted by molar-refractivity contribution is 0.534. The minimum absolute atomic E-state index is 0.0236. The van der Waals surface area contributed by atoms with Gasteiger partial charge in [0.15, 0.2) is 5.96 Å². The largest absolute Gasteiger partial charge is 0.352 e. The maximum Gasteiger partial charge on any atom is 0.250 e. The van der Waals surface area contributed by atoms with E-state index in [4.69, 9.17) is 0 Å². The Morgan fingerprint density at radius 1 is 1.14 bits per heavy atom. The quantitative estimate of drug-likeness (QED) is 0.925. The summed E-state index contributed by atoms with van der Waals surface area (Å²) in [5, 5.41) is 3.35. The Balaban J connectivity index is 1.61. The smallest absolute Gasteiger partial charge is 0.250 e. The highest BCUT2D eigenvalue weighted by Gasteiger charge is 2.11. The molecule has 1 aromatic heterocycles. The SMILES string of the molecule is CN1CCN=C1NCc1ccc(Cn2ccccc2=O)cc1. The third kappa shape index (κ3) is 3.36. The second-order valence-corrected chi connectivity index (χ2v) is 5.46. The van der Waals surface area contributed by atoms with Crippen LogP contribution in [0.5, 0.6) is 0 Å². The number of aliphatic imine (C=N–C) groups is 1. The first-order chi connectivity index (χ1) is 10.7. The van der Waals surface area contributed by atoms with Gasteiger partial charge >= 0.3 is 0 Å². The first kappa shape index (κ1) is 14.4. The number of guanidine groups is 1. The number of nitrogens with zero attached hydrogens (tertiary/aromatic N) is 3. The van der Waals surface area contributed by atoms with Crippen molar-refractivity contribution >= 4 is 5.96 Å². The van der Waals surface area contributed by atoms with Gasteiger partial charge in [-0.05, 0) is 17.2 Å². The highest BCUT2D eigenvalue weighted by atomic mass is 16.1. The molecule has 2 aromatic rings. The number of likely N-dealkylation sites (N-methyl/N-ethyl adjacent to an activating group) is 1. The van der Waals surface area contributed by atoms with Crippen molar-refractivity contribution in [3.05, 3.63) is 70.1 Å². The zero-order valence-electron chi connectivity index (χ0n) is 12.7. The molecule has 0 radical (unpaired) electrons. The molecule has 22 heavy (non-hydrogen) atoms. The lowest BCUT2D eigenvalue weighted by Gasteiger charge is -2.15. The number of aromatic nitrogens is 1. The van der Waals surface area contributed by atoms with Gasteiger partial charge in [0.05, 0.1) is 13.1 Å². The zero-order valence-corrected chi connectivity index (χ0v) is 12.7. The van der Waals surface area contributed by atoms with E-state index in [0.717, 1.165) is 31.2 Å². The summed E-state index contributed by atoms with van der Waals surface area (Å²) in [6, 6.07) is 13.5. The normalized spacial score (nSPS) is 14.0. The molecule has 0 aliphatic carbocycles. The van der Waals surface area contributed by atoms with Crippen LogP contribution in [0.4, 0.5) is 0 Å². The molecule has 0 spiro atoms. The number of hydrogen-bond donors (Lipinski definition) is 1. The van der Waals surface area contributed by atoms with Crippen molar-refractivity contribution in [3.8, 4) is 0 Å². The monoisotopic (exact) mass is 296 g/mol. The second-order valence-electron chi connectivity index (χ2n) is 5.46. The molecular formula is C17H20N4O. The van der Waals surface area contributed by atoms with E-state index >= 15 is 0 Å². The molecule has 5 nitrogen and oxygen atoms in total. The topological polar surface area (TPSA) is 49.6 Å². The number of hydrogen-bond acceptors (Lipinski definition) is 4. The van der Waals surface area contributed by atoms with Gasteiger partial charge in [-0.2, -0.15) is 0 Å². The zero-order chi connectivity index (χ0) is 15.4. The highest BCUT2D eigenvalue weighted by Crippen LogP contribution is 2.06. The van der Waals surface area contributed by atoms with Crippen molar-refractivity contribution in [3.63, 3.8) is 0 Å². The summed E-state index contributed by atoms with van der Waals surface area (Å²) in [4.78, 5) is 18.2. The summed E-state index contributed by atoms with van der Waals surface area (Å²) in [6.45, 7) is 3.20. The van der Waals surface area contributed by atoms with E-state index in [-0.39, 0.29) is 5.56 Å². The first-order valence-electron chi connectivity index (χ1n) is 7.45. The van der Waals surface area contributed by atoms with Crippen molar-refractivity contribution < 1.29 is 0 Å². The highest BCUT2D eigenvalue weighted by molar-refractivity contribution is 5.81. The van der Waals surface area contributed by atoms with Crippen LogP contribution < -0.4 is 10.9 Å². The van der Waals surface area contributed by atoms with Crippen molar-refractivity contribution in [1.82, 2.24) is 14.8 Å². The second kappa shape index (κ2) is 6.47. The summed E-state index contributed by atoms with van der Waals surface area (Å²) in [5.74, 6) is 0.958. The van der Waals surface area contributed by atoms with Crippen LogP contribution in [0, 0.1) is 0 Å². The van der Waals surface area contributed by atoms with E-state index in [1.165, 1.54) is 5.56 Å². The molecule has 1 aromatic carbocycles. The van der Waals surface area contributed by atoms with Gasteiger partial charge in [0.1, 0.15) is 0 Å². The average molecular weight is 296 g/mol. The van der Waals surface area contributed by atoms with Crippen LogP contribution in [0.15, 0.2) is 58.4 Å². The Hall–Kier alpha value is -2.56. The lowest BCUT2D eigenvalue weighted by Crippen LogP contribution is -2.35. The molecule has 1 N–H and O–H groups in total. The molecule has 0 unspecified atom stereocenters. The first-order valence-corrected chi connectivity index (χ1v) is 7.45. The van der Waals surface area contributed by atoms with Crippen LogP contribution >= 0.6 is 0 Å². The molecule has 114 valence electrons. The number of rotatable bonds is 4. The van der Waals surface area contributed by atoms with E-state index in [1.54, 1.807) is 16.7 Å². The molecule has 0 amide bonds. The molecule has 1 aliphatic rings. The Kier molecular flexibility index (Phi) is 4.23. The van der Waals surface area contributed by atoms with E-state index in [2.05, 4.69) is 39.5 Å². The van der Waals surface area contributed by atoms with Gasteiger partial charge < -0.3 is 14.8 Å². The van der Waals surface area contributed by atoms with Gasteiger partial charge in [-0.1, -0.05) is 30.3 Å². The van der Waals surface area contributed by atoms with Crippen LogP contribution in [-0.2, 0) is 13.1 Å². The Morgan fingerprint density at radius 2 is 1.91 bits per heavy atom. The fourth-order valence-corrected chi connectivity index (χ4v) is 2.45. The summed E-state index contributed by atoms with van der Waals surface area (Å²) in [5.41, 5.74) is 2.34. The molecular weight excluding hydrogens is 276 g/mol. The summed E-state index contributed by atoms with van der Waals surface area (Å²) < 4.78 is 1.70. The van der Waals surface area contributed by atoms with Crippen LogP contribution in [0.1, 0.15) is 11.1 Å². The van der Waals surface area contributed by atoms with Gasteiger partial charge in [0, 0.05) is 32.4 Å². The van der Waals surface area contributed by atoms with Crippen molar-refractivity contribution in [2.24, 2.45) is 4.99 Å². The predicted octanol–water partition coefficient (Wildman–Crippen LogP) is 1.29. The van der Waals surface area contributed by atoms with Gasteiger partial charge in [0.2, 0.25) is 0 Å². The molecule has 1 aliphatic heterocycles.